The maximum Gasteiger partial charge on any atom is 0.243 e. The van der Waals surface area contributed by atoms with Gasteiger partial charge in [-0.1, -0.05) is 0 Å². The molecule has 0 aromatic carbocycles. The van der Waals surface area contributed by atoms with Crippen molar-refractivity contribution in [3.8, 4) is 0 Å². The van der Waals surface area contributed by atoms with Gasteiger partial charge in [0, 0.05) is 25.7 Å². The molecule has 1 heterocycles. The van der Waals surface area contributed by atoms with E-state index >= 15 is 0 Å². The van der Waals surface area contributed by atoms with Gasteiger partial charge >= 0.3 is 0 Å². The number of nitrogens with zero attached hydrogens (tertiary/aromatic N) is 5. The topological polar surface area (TPSA) is 103 Å². The van der Waals surface area contributed by atoms with Gasteiger partial charge < -0.3 is 14.9 Å². The SMILES string of the molecule is CCN(CC)c1nc(NN)nc(N(CCO)C2CCC2)n1. The maximum absolute atomic E-state index is 9.30. The Morgan fingerprint density at radius 2 is 1.86 bits per heavy atom. The van der Waals surface area contributed by atoms with Crippen molar-refractivity contribution < 1.29 is 5.11 Å². The highest BCUT2D eigenvalue weighted by molar-refractivity contribution is 5.45. The van der Waals surface area contributed by atoms with Gasteiger partial charge in [0.25, 0.3) is 0 Å². The number of anilines is 3. The summed E-state index contributed by atoms with van der Waals surface area (Å²) in [6.45, 7) is 6.34. The van der Waals surface area contributed by atoms with Gasteiger partial charge in [0.05, 0.1) is 6.61 Å². The third-order valence-electron chi connectivity index (χ3n) is 3.90. The van der Waals surface area contributed by atoms with Crippen molar-refractivity contribution in [2.45, 2.75) is 39.2 Å². The van der Waals surface area contributed by atoms with Crippen LogP contribution in [0, 0.1) is 0 Å². The molecule has 21 heavy (non-hydrogen) atoms. The standard InChI is InChI=1S/C13H25N7O/c1-3-19(4-2)12-15-11(18-14)16-13(17-12)20(8-9-21)10-6-5-7-10/h10,21H,3-9,14H2,1-2H3,(H,15,16,17,18). The van der Waals surface area contributed by atoms with E-state index in [0.717, 1.165) is 25.9 Å². The average molecular weight is 295 g/mol. The number of nitrogens with one attached hydrogen (secondary N) is 1. The van der Waals surface area contributed by atoms with Crippen molar-refractivity contribution in [3.63, 3.8) is 0 Å². The summed E-state index contributed by atoms with van der Waals surface area (Å²) < 4.78 is 0. The van der Waals surface area contributed by atoms with Crippen LogP contribution in [0.15, 0.2) is 0 Å². The summed E-state index contributed by atoms with van der Waals surface area (Å²) >= 11 is 0. The minimum Gasteiger partial charge on any atom is -0.395 e. The summed E-state index contributed by atoms with van der Waals surface area (Å²) in [4.78, 5) is 17.3. The second-order valence-electron chi connectivity index (χ2n) is 5.08. The van der Waals surface area contributed by atoms with Crippen molar-refractivity contribution in [1.82, 2.24) is 15.0 Å². The highest BCUT2D eigenvalue weighted by Crippen LogP contribution is 2.28. The van der Waals surface area contributed by atoms with E-state index in [-0.39, 0.29) is 6.61 Å². The van der Waals surface area contributed by atoms with E-state index in [9.17, 15) is 5.11 Å². The quantitative estimate of drug-likeness (QED) is 0.466. The number of rotatable bonds is 8. The normalized spacial score (nSPS) is 14.7. The molecule has 1 saturated carbocycles. The molecular formula is C13H25N7O. The van der Waals surface area contributed by atoms with Crippen molar-refractivity contribution in [1.29, 1.82) is 0 Å². The number of hydrazine groups is 1. The molecule has 0 aliphatic heterocycles. The van der Waals surface area contributed by atoms with Crippen LogP contribution in [0.2, 0.25) is 0 Å². The lowest BCUT2D eigenvalue weighted by molar-refractivity contribution is 0.282. The zero-order chi connectivity index (χ0) is 15.2. The number of hydrogen-bond acceptors (Lipinski definition) is 8. The van der Waals surface area contributed by atoms with Gasteiger partial charge in [-0.3, -0.25) is 5.43 Å². The molecule has 0 unspecified atom stereocenters. The van der Waals surface area contributed by atoms with Crippen LogP contribution in [0.3, 0.4) is 0 Å². The van der Waals surface area contributed by atoms with E-state index in [4.69, 9.17) is 5.84 Å². The molecule has 8 nitrogen and oxygen atoms in total. The van der Waals surface area contributed by atoms with Gasteiger partial charge in [-0.2, -0.15) is 15.0 Å². The van der Waals surface area contributed by atoms with Crippen molar-refractivity contribution in [2.24, 2.45) is 5.84 Å². The minimum absolute atomic E-state index is 0.0776. The van der Waals surface area contributed by atoms with Gasteiger partial charge in [0.2, 0.25) is 17.8 Å². The van der Waals surface area contributed by atoms with Gasteiger partial charge in [0.15, 0.2) is 0 Å². The van der Waals surface area contributed by atoms with E-state index in [1.54, 1.807) is 0 Å². The monoisotopic (exact) mass is 295 g/mol. The molecule has 2 rings (SSSR count). The Morgan fingerprint density at radius 1 is 1.19 bits per heavy atom. The Bertz CT molecular complexity index is 448. The molecule has 1 aliphatic carbocycles. The molecule has 1 fully saturated rings. The molecule has 1 aromatic rings. The van der Waals surface area contributed by atoms with E-state index in [1.165, 1.54) is 6.42 Å². The first-order chi connectivity index (χ1) is 10.2. The maximum atomic E-state index is 9.30. The molecule has 0 atom stereocenters. The number of aliphatic hydroxyl groups is 1. The molecule has 0 spiro atoms. The van der Waals surface area contributed by atoms with E-state index in [1.807, 2.05) is 4.90 Å². The van der Waals surface area contributed by atoms with Gasteiger partial charge in [-0.05, 0) is 33.1 Å². The van der Waals surface area contributed by atoms with Crippen LogP contribution in [0.5, 0.6) is 0 Å². The number of hydrogen-bond donors (Lipinski definition) is 3. The van der Waals surface area contributed by atoms with Crippen molar-refractivity contribution >= 4 is 17.8 Å². The average Bonchev–Trinajstić information content (AvgIpc) is 2.46. The first-order valence-electron chi connectivity index (χ1n) is 7.58. The lowest BCUT2D eigenvalue weighted by Crippen LogP contribution is -2.43. The second kappa shape index (κ2) is 7.37. The van der Waals surface area contributed by atoms with E-state index in [0.29, 0.717) is 30.4 Å². The lowest BCUT2D eigenvalue weighted by Gasteiger charge is -2.37. The summed E-state index contributed by atoms with van der Waals surface area (Å²) in [6, 6.07) is 0.398. The Hall–Kier alpha value is -1.67. The molecule has 1 aromatic heterocycles. The molecule has 0 amide bonds. The van der Waals surface area contributed by atoms with Gasteiger partial charge in [-0.15, -0.1) is 0 Å². The first-order valence-corrected chi connectivity index (χ1v) is 7.58. The molecule has 0 saturated heterocycles. The smallest absolute Gasteiger partial charge is 0.243 e. The van der Waals surface area contributed by atoms with E-state index < -0.39 is 0 Å². The first kappa shape index (κ1) is 15.7. The highest BCUT2D eigenvalue weighted by atomic mass is 16.3. The van der Waals surface area contributed by atoms with Crippen LogP contribution in [0.25, 0.3) is 0 Å². The van der Waals surface area contributed by atoms with Crippen LogP contribution in [0.1, 0.15) is 33.1 Å². The summed E-state index contributed by atoms with van der Waals surface area (Å²) in [7, 11) is 0. The summed E-state index contributed by atoms with van der Waals surface area (Å²) in [5.41, 5.74) is 2.50. The molecule has 118 valence electrons. The number of aliphatic hydroxyl groups excluding tert-OH is 1. The second-order valence-corrected chi connectivity index (χ2v) is 5.08. The van der Waals surface area contributed by atoms with Crippen LogP contribution < -0.4 is 21.1 Å². The molecule has 0 radical (unpaired) electrons. The van der Waals surface area contributed by atoms with Crippen LogP contribution in [-0.2, 0) is 0 Å². The minimum atomic E-state index is 0.0776. The number of nitrogens with two attached hydrogens (primary N) is 1. The Balaban J connectivity index is 2.33. The molecule has 4 N–H and O–H groups in total. The Labute approximate surface area is 125 Å². The van der Waals surface area contributed by atoms with E-state index in [2.05, 4.69) is 39.1 Å². The van der Waals surface area contributed by atoms with Crippen LogP contribution in [0.4, 0.5) is 17.8 Å². The zero-order valence-corrected chi connectivity index (χ0v) is 12.8. The summed E-state index contributed by atoms with van der Waals surface area (Å²) in [5, 5.41) is 9.30. The summed E-state index contributed by atoms with van der Waals surface area (Å²) in [6.07, 6.45) is 3.43. The fourth-order valence-corrected chi connectivity index (χ4v) is 2.45. The third-order valence-corrected chi connectivity index (χ3v) is 3.90. The van der Waals surface area contributed by atoms with Crippen molar-refractivity contribution in [2.75, 3.05) is 41.5 Å². The Morgan fingerprint density at radius 3 is 2.33 bits per heavy atom. The fraction of sp³-hybridized carbons (Fsp3) is 0.769. The Kier molecular flexibility index (Phi) is 5.51. The van der Waals surface area contributed by atoms with Crippen molar-refractivity contribution in [3.05, 3.63) is 0 Å². The molecule has 8 heteroatoms. The molecule has 1 aliphatic rings. The number of aromatic nitrogens is 3. The third kappa shape index (κ3) is 3.51. The lowest BCUT2D eigenvalue weighted by atomic mass is 9.92. The molecule has 0 bridgehead atoms. The largest absolute Gasteiger partial charge is 0.395 e. The van der Waals surface area contributed by atoms with Crippen LogP contribution in [-0.4, -0.2) is 52.3 Å². The highest BCUT2D eigenvalue weighted by Gasteiger charge is 2.27. The van der Waals surface area contributed by atoms with Gasteiger partial charge in [-0.25, -0.2) is 5.84 Å². The van der Waals surface area contributed by atoms with Crippen LogP contribution >= 0.6 is 0 Å². The fourth-order valence-electron chi connectivity index (χ4n) is 2.45. The predicted molar refractivity (Wildman–Crippen MR) is 83.3 cm³/mol. The summed E-state index contributed by atoms with van der Waals surface area (Å²) in [5.74, 6) is 7.02. The number of nitrogen functional groups attached to an aromatic ring is 1. The predicted octanol–water partition coefficient (Wildman–Crippen LogP) is 0.355. The molecular weight excluding hydrogens is 270 g/mol. The van der Waals surface area contributed by atoms with Gasteiger partial charge in [0.1, 0.15) is 0 Å². The zero-order valence-electron chi connectivity index (χ0n) is 12.8.